The Morgan fingerprint density at radius 3 is 2.40 bits per heavy atom. The van der Waals surface area contributed by atoms with Crippen LogP contribution >= 0.6 is 0 Å². The van der Waals surface area contributed by atoms with Gasteiger partial charge < -0.3 is 23.4 Å². The largest absolute Gasteiger partial charge is 0.493 e. The number of aryl methyl sites for hydroxylation is 2. The quantitative estimate of drug-likeness (QED) is 0.453. The van der Waals surface area contributed by atoms with E-state index in [-0.39, 0.29) is 17.9 Å². The molecule has 2 aromatic carbocycles. The van der Waals surface area contributed by atoms with Crippen LogP contribution in [-0.2, 0) is 24.2 Å². The van der Waals surface area contributed by atoms with Crippen molar-refractivity contribution in [1.82, 2.24) is 0 Å². The summed E-state index contributed by atoms with van der Waals surface area (Å²) in [7, 11) is 4.39. The zero-order valence-corrected chi connectivity index (χ0v) is 17.1. The molecule has 1 aliphatic rings. The molecular formula is C23H22O7. The van der Waals surface area contributed by atoms with E-state index in [1.54, 1.807) is 12.1 Å². The molecule has 3 aromatic rings. The van der Waals surface area contributed by atoms with Crippen molar-refractivity contribution in [3.63, 3.8) is 0 Å². The normalized spacial score (nSPS) is 12.5. The Morgan fingerprint density at radius 1 is 0.967 bits per heavy atom. The van der Waals surface area contributed by atoms with Crippen LogP contribution < -0.4 is 19.8 Å². The lowest BCUT2D eigenvalue weighted by molar-refractivity contribution is 0.0469. The van der Waals surface area contributed by atoms with Gasteiger partial charge in [-0.3, -0.25) is 0 Å². The van der Waals surface area contributed by atoms with Crippen molar-refractivity contribution >= 4 is 16.9 Å². The van der Waals surface area contributed by atoms with E-state index in [1.165, 1.54) is 38.5 Å². The van der Waals surface area contributed by atoms with Crippen LogP contribution in [0.15, 0.2) is 39.5 Å². The molecule has 0 bridgehead atoms. The third kappa shape index (κ3) is 3.47. The summed E-state index contributed by atoms with van der Waals surface area (Å²) in [5.41, 5.74) is 3.28. The van der Waals surface area contributed by atoms with Gasteiger partial charge in [-0.2, -0.15) is 0 Å². The molecule has 0 atom stereocenters. The molecule has 7 heteroatoms. The van der Waals surface area contributed by atoms with Gasteiger partial charge in [0.15, 0.2) is 11.5 Å². The maximum Gasteiger partial charge on any atom is 0.342 e. The van der Waals surface area contributed by atoms with Crippen molar-refractivity contribution in [1.29, 1.82) is 0 Å². The number of fused-ring (bicyclic) bond motifs is 2. The smallest absolute Gasteiger partial charge is 0.342 e. The summed E-state index contributed by atoms with van der Waals surface area (Å²) in [6.07, 6.45) is 3.05. The van der Waals surface area contributed by atoms with Crippen LogP contribution in [0, 0.1) is 0 Å². The van der Waals surface area contributed by atoms with Crippen LogP contribution in [0.2, 0.25) is 0 Å². The second-order valence-electron chi connectivity index (χ2n) is 7.02. The van der Waals surface area contributed by atoms with Gasteiger partial charge in [-0.1, -0.05) is 0 Å². The van der Waals surface area contributed by atoms with Crippen LogP contribution in [0.4, 0.5) is 0 Å². The molecule has 0 unspecified atom stereocenters. The van der Waals surface area contributed by atoms with Crippen molar-refractivity contribution in [2.45, 2.75) is 25.9 Å². The van der Waals surface area contributed by atoms with Gasteiger partial charge in [-0.05, 0) is 54.7 Å². The first-order chi connectivity index (χ1) is 14.5. The van der Waals surface area contributed by atoms with Crippen LogP contribution in [0.5, 0.6) is 17.2 Å². The third-order valence-corrected chi connectivity index (χ3v) is 5.33. The Morgan fingerprint density at radius 2 is 1.70 bits per heavy atom. The summed E-state index contributed by atoms with van der Waals surface area (Å²) in [6, 6.07) is 8.46. The van der Waals surface area contributed by atoms with Gasteiger partial charge in [0, 0.05) is 17.0 Å². The van der Waals surface area contributed by atoms with E-state index in [4.69, 9.17) is 23.4 Å². The number of ether oxygens (including phenoxy) is 4. The molecular weight excluding hydrogens is 388 g/mol. The summed E-state index contributed by atoms with van der Waals surface area (Å²) in [4.78, 5) is 24.8. The first-order valence-electron chi connectivity index (χ1n) is 9.60. The Hall–Kier alpha value is -3.48. The lowest BCUT2D eigenvalue weighted by Gasteiger charge is -2.15. The Balaban J connectivity index is 1.65. The van der Waals surface area contributed by atoms with Crippen molar-refractivity contribution in [2.24, 2.45) is 0 Å². The first-order valence-corrected chi connectivity index (χ1v) is 9.60. The van der Waals surface area contributed by atoms with Crippen molar-refractivity contribution in [2.75, 3.05) is 21.3 Å². The predicted molar refractivity (Wildman–Crippen MR) is 110 cm³/mol. The summed E-state index contributed by atoms with van der Waals surface area (Å²) >= 11 is 0. The second kappa shape index (κ2) is 8.10. The molecule has 1 aliphatic carbocycles. The van der Waals surface area contributed by atoms with Gasteiger partial charge in [0.25, 0.3) is 0 Å². The maximum absolute atomic E-state index is 12.8. The fourth-order valence-electron chi connectivity index (χ4n) is 3.90. The van der Waals surface area contributed by atoms with E-state index >= 15 is 0 Å². The van der Waals surface area contributed by atoms with Gasteiger partial charge in [-0.25, -0.2) is 9.59 Å². The van der Waals surface area contributed by atoms with E-state index in [0.717, 1.165) is 24.6 Å². The number of methoxy groups -OCH3 is 3. The summed E-state index contributed by atoms with van der Waals surface area (Å²) in [5, 5.41) is 0.780. The minimum Gasteiger partial charge on any atom is -0.493 e. The van der Waals surface area contributed by atoms with Gasteiger partial charge in [0.2, 0.25) is 5.75 Å². The molecule has 156 valence electrons. The Bertz CT molecular complexity index is 1180. The lowest BCUT2D eigenvalue weighted by Crippen LogP contribution is -2.10. The number of hydrogen-bond donors (Lipinski definition) is 0. The molecule has 7 nitrogen and oxygen atoms in total. The lowest BCUT2D eigenvalue weighted by atomic mass is 10.0. The molecule has 1 heterocycles. The zero-order chi connectivity index (χ0) is 21.3. The highest BCUT2D eigenvalue weighted by atomic mass is 16.5. The number of hydrogen-bond acceptors (Lipinski definition) is 7. The van der Waals surface area contributed by atoms with Crippen molar-refractivity contribution < 1.29 is 28.2 Å². The molecule has 0 saturated heterocycles. The minimum atomic E-state index is -0.602. The standard InChI is InChI=1S/C23H22O7/c1-26-18-8-7-16(21(27-2)22(18)28-3)23(25)29-12-15-11-20(24)30-19-10-14-6-4-5-13(14)9-17(15)19/h7-11H,4-6,12H2,1-3H3. The van der Waals surface area contributed by atoms with E-state index < -0.39 is 11.6 Å². The SMILES string of the molecule is COc1ccc(C(=O)OCc2cc(=O)oc3cc4c(cc23)CCC4)c(OC)c1OC. The Labute approximate surface area is 173 Å². The molecule has 0 radical (unpaired) electrons. The number of benzene rings is 2. The van der Waals surface area contributed by atoms with E-state index in [2.05, 4.69) is 0 Å². The number of carbonyl (C=O) groups is 1. The van der Waals surface area contributed by atoms with Crippen LogP contribution in [-0.4, -0.2) is 27.3 Å². The number of esters is 1. The predicted octanol–water partition coefficient (Wildman–Crippen LogP) is 3.66. The summed E-state index contributed by atoms with van der Waals surface area (Å²) < 4.78 is 26.8. The first kappa shape index (κ1) is 19.8. The summed E-state index contributed by atoms with van der Waals surface area (Å²) in [6.45, 7) is -0.0722. The molecule has 0 N–H and O–H groups in total. The molecule has 0 amide bonds. The van der Waals surface area contributed by atoms with E-state index in [9.17, 15) is 9.59 Å². The molecule has 0 saturated carbocycles. The second-order valence-corrected chi connectivity index (χ2v) is 7.02. The molecule has 4 rings (SSSR count). The average Bonchev–Trinajstić information content (AvgIpc) is 3.21. The molecule has 1 aromatic heterocycles. The van der Waals surface area contributed by atoms with E-state index in [0.29, 0.717) is 22.6 Å². The number of carbonyl (C=O) groups excluding carboxylic acids is 1. The minimum absolute atomic E-state index is 0.0722. The third-order valence-electron chi connectivity index (χ3n) is 5.33. The van der Waals surface area contributed by atoms with E-state index in [1.807, 2.05) is 12.1 Å². The molecule has 0 aliphatic heterocycles. The molecule has 30 heavy (non-hydrogen) atoms. The van der Waals surface area contributed by atoms with Crippen molar-refractivity contribution in [3.8, 4) is 17.2 Å². The highest BCUT2D eigenvalue weighted by Crippen LogP contribution is 2.40. The average molecular weight is 410 g/mol. The highest BCUT2D eigenvalue weighted by molar-refractivity contribution is 5.94. The zero-order valence-electron chi connectivity index (χ0n) is 17.1. The van der Waals surface area contributed by atoms with Gasteiger partial charge in [-0.15, -0.1) is 0 Å². The van der Waals surface area contributed by atoms with Gasteiger partial charge >= 0.3 is 11.6 Å². The van der Waals surface area contributed by atoms with Crippen LogP contribution in [0.1, 0.15) is 33.5 Å². The molecule has 0 fully saturated rings. The monoisotopic (exact) mass is 410 g/mol. The molecule has 0 spiro atoms. The van der Waals surface area contributed by atoms with Crippen LogP contribution in [0.25, 0.3) is 11.0 Å². The van der Waals surface area contributed by atoms with Crippen LogP contribution in [0.3, 0.4) is 0 Å². The Kier molecular flexibility index (Phi) is 5.35. The topological polar surface area (TPSA) is 84.2 Å². The fraction of sp³-hybridized carbons (Fsp3) is 0.304. The summed E-state index contributed by atoms with van der Waals surface area (Å²) in [5.74, 6) is 0.356. The van der Waals surface area contributed by atoms with Gasteiger partial charge in [0.05, 0.1) is 21.3 Å². The van der Waals surface area contributed by atoms with Gasteiger partial charge in [0.1, 0.15) is 17.8 Å². The fourth-order valence-corrected chi connectivity index (χ4v) is 3.90. The highest BCUT2D eigenvalue weighted by Gasteiger charge is 2.22. The van der Waals surface area contributed by atoms with Crippen molar-refractivity contribution in [3.05, 3.63) is 63.0 Å². The maximum atomic E-state index is 12.8. The number of rotatable bonds is 6.